The van der Waals surface area contributed by atoms with Gasteiger partial charge in [-0.15, -0.1) is 0 Å². The Labute approximate surface area is 87.0 Å². The summed E-state index contributed by atoms with van der Waals surface area (Å²) in [7, 11) is 0. The lowest BCUT2D eigenvalue weighted by Crippen LogP contribution is -2.05. The summed E-state index contributed by atoms with van der Waals surface area (Å²) < 4.78 is 1.82. The fourth-order valence-electron chi connectivity index (χ4n) is 1.32. The predicted molar refractivity (Wildman–Crippen MR) is 57.5 cm³/mol. The molecule has 0 amide bonds. The molecule has 0 unspecified atom stereocenters. The molecule has 0 saturated heterocycles. The number of hydrogen-bond donors (Lipinski definition) is 2. The van der Waals surface area contributed by atoms with Crippen molar-refractivity contribution in [3.8, 4) is 5.82 Å². The Balaban J connectivity index is 2.58. The van der Waals surface area contributed by atoms with Gasteiger partial charge in [0.1, 0.15) is 18.0 Å². The molecule has 0 fully saturated rings. The van der Waals surface area contributed by atoms with Gasteiger partial charge in [-0.2, -0.15) is 9.97 Å². The Hall–Kier alpha value is -2.11. The van der Waals surface area contributed by atoms with Gasteiger partial charge in [0.05, 0.1) is 5.69 Å². The topological polar surface area (TPSA) is 95.6 Å². The predicted octanol–water partition coefficient (Wildman–Crippen LogP) is 0.444. The Morgan fingerprint density at radius 2 is 1.93 bits per heavy atom. The lowest BCUT2D eigenvalue weighted by atomic mass is 10.4. The molecule has 15 heavy (non-hydrogen) atoms. The van der Waals surface area contributed by atoms with Gasteiger partial charge in [-0.25, -0.2) is 4.98 Å². The van der Waals surface area contributed by atoms with Crippen molar-refractivity contribution < 1.29 is 0 Å². The molecule has 0 aliphatic heterocycles. The molecule has 0 aliphatic rings. The summed E-state index contributed by atoms with van der Waals surface area (Å²) in [6, 6.07) is 1.66. The van der Waals surface area contributed by atoms with E-state index >= 15 is 0 Å². The molecule has 2 aromatic heterocycles. The van der Waals surface area contributed by atoms with Crippen LogP contribution in [0.25, 0.3) is 5.82 Å². The van der Waals surface area contributed by atoms with Crippen LogP contribution in [0, 0.1) is 13.8 Å². The van der Waals surface area contributed by atoms with Crippen LogP contribution in [0.1, 0.15) is 11.4 Å². The van der Waals surface area contributed by atoms with E-state index in [1.165, 1.54) is 0 Å². The highest BCUT2D eigenvalue weighted by Crippen LogP contribution is 2.13. The van der Waals surface area contributed by atoms with Gasteiger partial charge < -0.3 is 11.5 Å². The van der Waals surface area contributed by atoms with Crippen molar-refractivity contribution in [3.63, 3.8) is 0 Å². The number of nitrogens with zero attached hydrogens (tertiary/aromatic N) is 4. The molecule has 0 radical (unpaired) electrons. The second kappa shape index (κ2) is 3.23. The SMILES string of the molecule is Cc1ncn(-c2cc(N)nc(N)n2)c1C. The molecule has 78 valence electrons. The van der Waals surface area contributed by atoms with Crippen LogP contribution >= 0.6 is 0 Å². The maximum atomic E-state index is 5.59. The van der Waals surface area contributed by atoms with E-state index < -0.39 is 0 Å². The summed E-state index contributed by atoms with van der Waals surface area (Å²) >= 11 is 0. The van der Waals surface area contributed by atoms with Gasteiger partial charge in [0.25, 0.3) is 0 Å². The maximum Gasteiger partial charge on any atom is 0.223 e. The van der Waals surface area contributed by atoms with Gasteiger partial charge in [0.2, 0.25) is 5.95 Å². The maximum absolute atomic E-state index is 5.59. The van der Waals surface area contributed by atoms with Crippen LogP contribution in [-0.2, 0) is 0 Å². The molecule has 0 saturated carbocycles. The van der Waals surface area contributed by atoms with E-state index in [2.05, 4.69) is 15.0 Å². The van der Waals surface area contributed by atoms with Crippen molar-refractivity contribution in [2.24, 2.45) is 0 Å². The largest absolute Gasteiger partial charge is 0.383 e. The number of nitrogen functional groups attached to an aromatic ring is 2. The smallest absolute Gasteiger partial charge is 0.223 e. The molecule has 0 atom stereocenters. The summed E-state index contributed by atoms with van der Waals surface area (Å²) in [6.45, 7) is 3.89. The second-order valence-corrected chi connectivity index (χ2v) is 3.29. The van der Waals surface area contributed by atoms with Gasteiger partial charge in [-0.1, -0.05) is 0 Å². The summed E-state index contributed by atoms with van der Waals surface area (Å²) in [5.41, 5.74) is 13.1. The normalized spacial score (nSPS) is 10.5. The molecule has 0 bridgehead atoms. The van der Waals surface area contributed by atoms with Gasteiger partial charge in [-0.05, 0) is 13.8 Å². The first kappa shape index (κ1) is 9.45. The number of rotatable bonds is 1. The fourth-order valence-corrected chi connectivity index (χ4v) is 1.32. The third-order valence-corrected chi connectivity index (χ3v) is 2.25. The Bertz CT molecular complexity index is 481. The highest BCUT2D eigenvalue weighted by atomic mass is 15.2. The number of aromatic nitrogens is 4. The molecular weight excluding hydrogens is 192 g/mol. The first-order chi connectivity index (χ1) is 7.08. The molecule has 0 aliphatic carbocycles. The van der Waals surface area contributed by atoms with Crippen molar-refractivity contribution >= 4 is 11.8 Å². The zero-order valence-electron chi connectivity index (χ0n) is 8.60. The van der Waals surface area contributed by atoms with E-state index in [0.29, 0.717) is 11.6 Å². The molecule has 0 aromatic carbocycles. The van der Waals surface area contributed by atoms with Crippen LogP contribution in [0.3, 0.4) is 0 Å². The number of imidazole rings is 1. The molecular formula is C9H12N6. The number of aryl methyl sites for hydroxylation is 1. The summed E-state index contributed by atoms with van der Waals surface area (Å²) in [5, 5.41) is 0. The zero-order chi connectivity index (χ0) is 11.0. The van der Waals surface area contributed by atoms with Crippen molar-refractivity contribution in [3.05, 3.63) is 23.8 Å². The van der Waals surface area contributed by atoms with Crippen LogP contribution in [0.5, 0.6) is 0 Å². The van der Waals surface area contributed by atoms with Gasteiger partial charge in [0, 0.05) is 11.8 Å². The monoisotopic (exact) mass is 204 g/mol. The lowest BCUT2D eigenvalue weighted by Gasteiger charge is -2.05. The van der Waals surface area contributed by atoms with Crippen molar-refractivity contribution in [2.45, 2.75) is 13.8 Å². The van der Waals surface area contributed by atoms with Crippen LogP contribution in [0.4, 0.5) is 11.8 Å². The average Bonchev–Trinajstić information content (AvgIpc) is 2.46. The number of anilines is 2. The first-order valence-electron chi connectivity index (χ1n) is 4.49. The van der Waals surface area contributed by atoms with E-state index in [-0.39, 0.29) is 5.95 Å². The van der Waals surface area contributed by atoms with Crippen LogP contribution in [-0.4, -0.2) is 19.5 Å². The lowest BCUT2D eigenvalue weighted by molar-refractivity contribution is 0.942. The van der Waals surface area contributed by atoms with Gasteiger partial charge in [-0.3, -0.25) is 4.57 Å². The first-order valence-corrected chi connectivity index (χ1v) is 4.49. The minimum Gasteiger partial charge on any atom is -0.383 e. The van der Waals surface area contributed by atoms with Crippen LogP contribution in [0.15, 0.2) is 12.4 Å². The minimum atomic E-state index is 0.163. The van der Waals surface area contributed by atoms with E-state index in [1.54, 1.807) is 12.4 Å². The third kappa shape index (κ3) is 1.61. The van der Waals surface area contributed by atoms with Crippen LogP contribution < -0.4 is 11.5 Å². The Kier molecular flexibility index (Phi) is 2.03. The highest BCUT2D eigenvalue weighted by molar-refractivity contribution is 5.43. The average molecular weight is 204 g/mol. The fraction of sp³-hybridized carbons (Fsp3) is 0.222. The third-order valence-electron chi connectivity index (χ3n) is 2.25. The number of nitrogens with two attached hydrogens (primary N) is 2. The quantitative estimate of drug-likeness (QED) is 0.702. The van der Waals surface area contributed by atoms with Crippen LogP contribution in [0.2, 0.25) is 0 Å². The summed E-state index contributed by atoms with van der Waals surface area (Å²) in [4.78, 5) is 12.1. The van der Waals surface area contributed by atoms with E-state index in [1.807, 2.05) is 18.4 Å². The standard InChI is InChI=1S/C9H12N6/c1-5-6(2)15(4-12-5)8-3-7(10)13-9(11)14-8/h3-4H,1-2H3,(H4,10,11,13,14). The van der Waals surface area contributed by atoms with Crippen molar-refractivity contribution in [2.75, 3.05) is 11.5 Å². The van der Waals surface area contributed by atoms with Gasteiger partial charge >= 0.3 is 0 Å². The zero-order valence-corrected chi connectivity index (χ0v) is 8.60. The molecule has 6 heteroatoms. The Morgan fingerprint density at radius 1 is 1.20 bits per heavy atom. The van der Waals surface area contributed by atoms with E-state index in [0.717, 1.165) is 11.4 Å². The summed E-state index contributed by atoms with van der Waals surface area (Å²) in [5.74, 6) is 1.15. The number of hydrogen-bond acceptors (Lipinski definition) is 5. The van der Waals surface area contributed by atoms with Gasteiger partial charge in [0.15, 0.2) is 0 Å². The summed E-state index contributed by atoms with van der Waals surface area (Å²) in [6.07, 6.45) is 1.69. The highest BCUT2D eigenvalue weighted by Gasteiger charge is 2.07. The molecule has 0 spiro atoms. The second-order valence-electron chi connectivity index (χ2n) is 3.29. The van der Waals surface area contributed by atoms with Crippen molar-refractivity contribution in [1.82, 2.24) is 19.5 Å². The minimum absolute atomic E-state index is 0.163. The van der Waals surface area contributed by atoms with E-state index in [4.69, 9.17) is 11.5 Å². The molecule has 2 rings (SSSR count). The molecule has 2 aromatic rings. The van der Waals surface area contributed by atoms with E-state index in [9.17, 15) is 0 Å². The molecule has 2 heterocycles. The van der Waals surface area contributed by atoms with Crippen molar-refractivity contribution in [1.29, 1.82) is 0 Å². The Morgan fingerprint density at radius 3 is 2.47 bits per heavy atom. The molecule has 6 nitrogen and oxygen atoms in total. The molecule has 4 N–H and O–H groups in total.